The molecule has 5 aromatic rings. The average molecular weight is 714 g/mol. The van der Waals surface area contributed by atoms with Crippen LogP contribution < -0.4 is 9.47 Å². The van der Waals surface area contributed by atoms with Gasteiger partial charge in [0.15, 0.2) is 11.3 Å². The van der Waals surface area contributed by atoms with Crippen LogP contribution in [0.1, 0.15) is 12.8 Å². The fourth-order valence-corrected chi connectivity index (χ4v) is 5.82. The molecular formula is C32H38BrClN8O4. The molecule has 4 aromatic heterocycles. The van der Waals surface area contributed by atoms with Crippen molar-refractivity contribution in [3.05, 3.63) is 70.6 Å². The molecule has 7 rings (SSSR count). The van der Waals surface area contributed by atoms with Gasteiger partial charge in [-0.2, -0.15) is 0 Å². The number of ether oxygens (including phenoxy) is 4. The number of aromatic nitrogens is 6. The molecule has 0 bridgehead atoms. The van der Waals surface area contributed by atoms with Gasteiger partial charge < -0.3 is 18.9 Å². The zero-order chi connectivity index (χ0) is 31.6. The number of nitrogens with zero attached hydrogens (tertiary/aromatic N) is 8. The Morgan fingerprint density at radius 1 is 0.717 bits per heavy atom. The number of imidazole rings is 2. The van der Waals surface area contributed by atoms with Crippen molar-refractivity contribution in [2.45, 2.75) is 12.8 Å². The van der Waals surface area contributed by atoms with E-state index in [2.05, 4.69) is 45.9 Å². The standard InChI is InChI=1S/C19H21ClN4O2.C13H17BrN4O2/c20-16-4-1-3-15(13-16)17-14-21-18-5-6-19(22-24(17)18)26-10-2-7-23-8-11-25-12-9-23;14-11-10-15-12-2-3-13(16-18(11)12)20-7-1-4-17-5-8-19-9-6-17/h1,3-6,13-14H,2,7-12H2;2-3,10H,1,4-9H2. The van der Waals surface area contributed by atoms with Gasteiger partial charge in [-0.1, -0.05) is 23.7 Å². The van der Waals surface area contributed by atoms with Gasteiger partial charge in [0.25, 0.3) is 0 Å². The van der Waals surface area contributed by atoms with E-state index in [4.69, 9.17) is 30.5 Å². The van der Waals surface area contributed by atoms with Gasteiger partial charge in [-0.25, -0.2) is 19.0 Å². The molecule has 2 aliphatic rings. The van der Waals surface area contributed by atoms with Gasteiger partial charge in [0.1, 0.15) is 4.60 Å². The third-order valence-corrected chi connectivity index (χ3v) is 8.47. The minimum absolute atomic E-state index is 0.598. The van der Waals surface area contributed by atoms with E-state index in [-0.39, 0.29) is 0 Å². The summed E-state index contributed by atoms with van der Waals surface area (Å²) in [7, 11) is 0. The highest BCUT2D eigenvalue weighted by atomic mass is 79.9. The predicted octanol–water partition coefficient (Wildman–Crippen LogP) is 4.74. The molecule has 0 aliphatic carbocycles. The highest BCUT2D eigenvalue weighted by Crippen LogP contribution is 2.24. The van der Waals surface area contributed by atoms with Crippen molar-refractivity contribution in [1.29, 1.82) is 0 Å². The van der Waals surface area contributed by atoms with Gasteiger partial charge in [0.2, 0.25) is 11.8 Å². The smallest absolute Gasteiger partial charge is 0.231 e. The van der Waals surface area contributed by atoms with Crippen molar-refractivity contribution in [2.75, 3.05) is 78.9 Å². The summed E-state index contributed by atoms with van der Waals surface area (Å²) in [5, 5.41) is 9.64. The largest absolute Gasteiger partial charge is 0.477 e. The first-order valence-corrected chi connectivity index (χ1v) is 16.8. The Morgan fingerprint density at radius 2 is 1.28 bits per heavy atom. The second kappa shape index (κ2) is 16.5. The van der Waals surface area contributed by atoms with Crippen molar-refractivity contribution >= 4 is 38.8 Å². The van der Waals surface area contributed by atoms with Crippen LogP contribution in [-0.4, -0.2) is 118 Å². The zero-order valence-electron chi connectivity index (χ0n) is 25.6. The molecule has 12 nitrogen and oxygen atoms in total. The van der Waals surface area contributed by atoms with Crippen LogP contribution in [0.25, 0.3) is 22.6 Å². The molecule has 0 saturated carbocycles. The molecule has 0 atom stereocenters. The Labute approximate surface area is 281 Å². The Hall–Kier alpha value is -3.33. The minimum atomic E-state index is 0.598. The van der Waals surface area contributed by atoms with Gasteiger partial charge >= 0.3 is 0 Å². The number of halogens is 2. The molecule has 2 aliphatic heterocycles. The Balaban J connectivity index is 0.000000167. The Kier molecular flexibility index (Phi) is 11.7. The van der Waals surface area contributed by atoms with E-state index in [1.165, 1.54) is 0 Å². The first kappa shape index (κ1) is 32.6. The molecule has 14 heteroatoms. The first-order valence-electron chi connectivity index (χ1n) is 15.6. The van der Waals surface area contributed by atoms with Crippen molar-refractivity contribution < 1.29 is 18.9 Å². The third kappa shape index (κ3) is 8.93. The number of benzene rings is 1. The maximum atomic E-state index is 6.11. The molecule has 46 heavy (non-hydrogen) atoms. The van der Waals surface area contributed by atoms with E-state index in [1.54, 1.807) is 21.4 Å². The molecule has 1 aromatic carbocycles. The van der Waals surface area contributed by atoms with E-state index < -0.39 is 0 Å². The minimum Gasteiger partial charge on any atom is -0.477 e. The quantitative estimate of drug-likeness (QED) is 0.178. The van der Waals surface area contributed by atoms with E-state index in [9.17, 15) is 0 Å². The lowest BCUT2D eigenvalue weighted by atomic mass is 10.2. The third-order valence-electron chi connectivity index (χ3n) is 7.70. The second-order valence-electron chi connectivity index (χ2n) is 10.9. The molecule has 0 N–H and O–H groups in total. The second-order valence-corrected chi connectivity index (χ2v) is 12.2. The summed E-state index contributed by atoms with van der Waals surface area (Å²) in [6, 6.07) is 15.2. The zero-order valence-corrected chi connectivity index (χ0v) is 28.0. The molecule has 0 spiro atoms. The van der Waals surface area contributed by atoms with E-state index in [1.807, 2.05) is 48.5 Å². The van der Waals surface area contributed by atoms with Crippen LogP contribution in [-0.2, 0) is 9.47 Å². The van der Waals surface area contributed by atoms with Crippen LogP contribution in [0.2, 0.25) is 5.02 Å². The Bertz CT molecular complexity index is 1690. The number of hydrogen-bond donors (Lipinski definition) is 0. The van der Waals surface area contributed by atoms with Crippen molar-refractivity contribution in [2.24, 2.45) is 0 Å². The van der Waals surface area contributed by atoms with Gasteiger partial charge in [-0.05, 0) is 53.0 Å². The van der Waals surface area contributed by atoms with Crippen molar-refractivity contribution in [1.82, 2.24) is 39.0 Å². The summed E-state index contributed by atoms with van der Waals surface area (Å²) in [4.78, 5) is 13.4. The summed E-state index contributed by atoms with van der Waals surface area (Å²) in [6.45, 7) is 10.7. The maximum absolute atomic E-state index is 6.11. The van der Waals surface area contributed by atoms with Gasteiger partial charge in [-0.3, -0.25) is 9.80 Å². The van der Waals surface area contributed by atoms with Gasteiger partial charge in [-0.15, -0.1) is 10.2 Å². The van der Waals surface area contributed by atoms with Crippen LogP contribution in [0.15, 0.2) is 65.5 Å². The lowest BCUT2D eigenvalue weighted by Crippen LogP contribution is -2.37. The number of morpholine rings is 2. The van der Waals surface area contributed by atoms with Gasteiger partial charge in [0, 0.05) is 62.0 Å². The van der Waals surface area contributed by atoms with Crippen LogP contribution >= 0.6 is 27.5 Å². The number of hydrogen-bond acceptors (Lipinski definition) is 10. The Morgan fingerprint density at radius 3 is 1.89 bits per heavy atom. The molecule has 0 amide bonds. The van der Waals surface area contributed by atoms with Crippen LogP contribution in [0.3, 0.4) is 0 Å². The number of fused-ring (bicyclic) bond motifs is 2. The first-order chi connectivity index (χ1) is 22.6. The van der Waals surface area contributed by atoms with Crippen molar-refractivity contribution in [3.8, 4) is 23.0 Å². The SMILES string of the molecule is Brc1cnc2ccc(OCCCN3CCOCC3)nn12.Clc1cccc(-c2cnc3ccc(OCCCN4CCOCC4)nn23)c1. The van der Waals surface area contributed by atoms with Crippen molar-refractivity contribution in [3.63, 3.8) is 0 Å². The van der Waals surface area contributed by atoms with E-state index in [0.29, 0.717) is 30.0 Å². The highest BCUT2D eigenvalue weighted by Gasteiger charge is 2.12. The molecule has 2 fully saturated rings. The average Bonchev–Trinajstić information content (AvgIpc) is 3.69. The summed E-state index contributed by atoms with van der Waals surface area (Å²) >= 11 is 9.51. The summed E-state index contributed by atoms with van der Waals surface area (Å²) in [5.41, 5.74) is 3.45. The lowest BCUT2D eigenvalue weighted by Gasteiger charge is -2.26. The van der Waals surface area contributed by atoms with E-state index in [0.717, 1.165) is 106 Å². The number of rotatable bonds is 11. The van der Waals surface area contributed by atoms with Gasteiger partial charge in [0.05, 0.1) is 57.7 Å². The van der Waals surface area contributed by atoms with E-state index >= 15 is 0 Å². The van der Waals surface area contributed by atoms with Crippen LogP contribution in [0.4, 0.5) is 0 Å². The molecule has 2 saturated heterocycles. The predicted molar refractivity (Wildman–Crippen MR) is 179 cm³/mol. The molecule has 6 heterocycles. The summed E-state index contributed by atoms with van der Waals surface area (Å²) < 4.78 is 26.6. The molecule has 0 radical (unpaired) electrons. The lowest BCUT2D eigenvalue weighted by molar-refractivity contribution is 0.0356. The highest BCUT2D eigenvalue weighted by molar-refractivity contribution is 9.10. The monoisotopic (exact) mass is 712 g/mol. The van der Waals surface area contributed by atoms with Crippen LogP contribution in [0.5, 0.6) is 11.8 Å². The normalized spacial score (nSPS) is 16.0. The molecular weight excluding hydrogens is 676 g/mol. The summed E-state index contributed by atoms with van der Waals surface area (Å²) in [6.07, 6.45) is 5.48. The maximum Gasteiger partial charge on any atom is 0.231 e. The summed E-state index contributed by atoms with van der Waals surface area (Å²) in [5.74, 6) is 1.22. The molecule has 244 valence electrons. The van der Waals surface area contributed by atoms with Crippen LogP contribution in [0, 0.1) is 0 Å². The molecule has 0 unspecified atom stereocenters. The fraction of sp³-hybridized carbons (Fsp3) is 0.438. The topological polar surface area (TPSA) is 104 Å². The fourth-order valence-electron chi connectivity index (χ4n) is 5.26.